The van der Waals surface area contributed by atoms with Gasteiger partial charge in [-0.1, -0.05) is 25.1 Å². The van der Waals surface area contributed by atoms with E-state index < -0.39 is 23.7 Å². The third kappa shape index (κ3) is 4.08. The van der Waals surface area contributed by atoms with Crippen molar-refractivity contribution < 1.29 is 14.0 Å². The molecule has 29 heavy (non-hydrogen) atoms. The number of pyridine rings is 2. The van der Waals surface area contributed by atoms with E-state index in [0.717, 1.165) is 17.0 Å². The predicted octanol–water partition coefficient (Wildman–Crippen LogP) is 2.31. The summed E-state index contributed by atoms with van der Waals surface area (Å²) in [5, 5.41) is 3.84. The van der Waals surface area contributed by atoms with Gasteiger partial charge in [0.25, 0.3) is 5.91 Å². The smallest absolute Gasteiger partial charge is 0.252 e. The van der Waals surface area contributed by atoms with Gasteiger partial charge in [0, 0.05) is 12.4 Å². The lowest BCUT2D eigenvalue weighted by Gasteiger charge is -2.26. The van der Waals surface area contributed by atoms with Gasteiger partial charge in [-0.2, -0.15) is 0 Å². The van der Waals surface area contributed by atoms with Crippen molar-refractivity contribution in [1.82, 2.24) is 9.97 Å². The predicted molar refractivity (Wildman–Crippen MR) is 109 cm³/mol. The standard InChI is InChI=1S/C20H21FN6O2/c1-3-16(18(23)29)27(2)20-14(21)9-13(17(22)28)19(26-20)25-12-8-11-6-4-5-7-15(11)24-10-12/h4-10,16H,3H2,1-2H3,(H2,22,28)(H2,23,29)(H,25,26). The van der Waals surface area contributed by atoms with Crippen LogP contribution in [0.25, 0.3) is 10.9 Å². The second kappa shape index (κ2) is 8.09. The molecule has 5 N–H and O–H groups in total. The maximum absolute atomic E-state index is 14.6. The summed E-state index contributed by atoms with van der Waals surface area (Å²) >= 11 is 0. The van der Waals surface area contributed by atoms with Crippen molar-refractivity contribution in [3.8, 4) is 0 Å². The first kappa shape index (κ1) is 20.0. The van der Waals surface area contributed by atoms with Gasteiger partial charge in [0.2, 0.25) is 5.91 Å². The average Bonchev–Trinajstić information content (AvgIpc) is 2.68. The Bertz CT molecular complexity index is 1090. The van der Waals surface area contributed by atoms with Crippen LogP contribution in [0.15, 0.2) is 42.6 Å². The summed E-state index contributed by atoms with van der Waals surface area (Å²) < 4.78 is 14.6. The molecular formula is C20H21FN6O2. The molecule has 0 saturated heterocycles. The van der Waals surface area contributed by atoms with Gasteiger partial charge in [-0.3, -0.25) is 14.6 Å². The van der Waals surface area contributed by atoms with E-state index in [9.17, 15) is 14.0 Å². The number of hydrogen-bond acceptors (Lipinski definition) is 6. The fourth-order valence-electron chi connectivity index (χ4n) is 3.10. The fourth-order valence-corrected chi connectivity index (χ4v) is 3.10. The van der Waals surface area contributed by atoms with Crippen LogP contribution in [0, 0.1) is 5.82 Å². The number of carbonyl (C=O) groups excluding carboxylic acids is 2. The summed E-state index contributed by atoms with van der Waals surface area (Å²) in [7, 11) is 1.51. The molecule has 0 radical (unpaired) electrons. The monoisotopic (exact) mass is 396 g/mol. The van der Waals surface area contributed by atoms with Crippen LogP contribution in [0.5, 0.6) is 0 Å². The van der Waals surface area contributed by atoms with Crippen molar-refractivity contribution in [3.05, 3.63) is 54.0 Å². The van der Waals surface area contributed by atoms with Gasteiger partial charge in [-0.25, -0.2) is 9.37 Å². The van der Waals surface area contributed by atoms with Gasteiger partial charge in [0.1, 0.15) is 11.9 Å². The Morgan fingerprint density at radius 3 is 2.62 bits per heavy atom. The molecule has 3 rings (SSSR count). The highest BCUT2D eigenvalue weighted by Gasteiger charge is 2.25. The number of nitrogens with two attached hydrogens (primary N) is 2. The molecule has 0 saturated carbocycles. The molecule has 0 aliphatic heterocycles. The first-order chi connectivity index (χ1) is 13.8. The van der Waals surface area contributed by atoms with Crippen LogP contribution in [0.1, 0.15) is 23.7 Å². The van der Waals surface area contributed by atoms with E-state index in [4.69, 9.17) is 11.5 Å². The normalized spacial score (nSPS) is 11.8. The summed E-state index contributed by atoms with van der Waals surface area (Å²) in [6.07, 6.45) is 1.93. The Balaban J connectivity index is 2.05. The van der Waals surface area contributed by atoms with E-state index in [1.807, 2.05) is 30.3 Å². The minimum Gasteiger partial charge on any atom is -0.368 e. The maximum atomic E-state index is 14.6. The zero-order chi connectivity index (χ0) is 21.1. The molecule has 1 unspecified atom stereocenters. The SMILES string of the molecule is CCC(C(N)=O)N(C)c1nc(Nc2cnc3ccccc3c2)c(C(N)=O)cc1F. The molecule has 1 aromatic carbocycles. The summed E-state index contributed by atoms with van der Waals surface area (Å²) in [5.74, 6) is -2.32. The minimum atomic E-state index is -0.844. The molecule has 2 aromatic heterocycles. The van der Waals surface area contributed by atoms with E-state index in [0.29, 0.717) is 12.1 Å². The Hall–Kier alpha value is -3.75. The van der Waals surface area contributed by atoms with Crippen LogP contribution < -0.4 is 21.7 Å². The number of amides is 2. The number of fused-ring (bicyclic) bond motifs is 1. The third-order valence-corrected chi connectivity index (χ3v) is 4.59. The van der Waals surface area contributed by atoms with Crippen LogP contribution in [0.4, 0.5) is 21.7 Å². The third-order valence-electron chi connectivity index (χ3n) is 4.59. The number of hydrogen-bond donors (Lipinski definition) is 3. The van der Waals surface area contributed by atoms with Crippen molar-refractivity contribution in [1.29, 1.82) is 0 Å². The molecule has 150 valence electrons. The first-order valence-electron chi connectivity index (χ1n) is 8.96. The van der Waals surface area contributed by atoms with E-state index in [2.05, 4.69) is 15.3 Å². The number of nitrogens with zero attached hydrogens (tertiary/aromatic N) is 3. The van der Waals surface area contributed by atoms with E-state index >= 15 is 0 Å². The number of anilines is 3. The number of carbonyl (C=O) groups is 2. The van der Waals surface area contributed by atoms with Crippen LogP contribution in [-0.4, -0.2) is 34.9 Å². The number of para-hydroxylation sites is 1. The van der Waals surface area contributed by atoms with Crippen LogP contribution in [0.2, 0.25) is 0 Å². The second-order valence-electron chi connectivity index (χ2n) is 6.53. The number of nitrogens with one attached hydrogen (secondary N) is 1. The fraction of sp³-hybridized carbons (Fsp3) is 0.200. The molecule has 3 aromatic rings. The Morgan fingerprint density at radius 2 is 1.97 bits per heavy atom. The van der Waals surface area contributed by atoms with Crippen LogP contribution in [0.3, 0.4) is 0 Å². The molecule has 2 heterocycles. The van der Waals surface area contributed by atoms with E-state index in [1.54, 1.807) is 13.1 Å². The number of benzene rings is 1. The largest absolute Gasteiger partial charge is 0.368 e. The van der Waals surface area contributed by atoms with E-state index in [1.165, 1.54) is 11.9 Å². The molecule has 1 atom stereocenters. The number of rotatable bonds is 7. The van der Waals surface area contributed by atoms with Crippen LogP contribution in [-0.2, 0) is 4.79 Å². The highest BCUT2D eigenvalue weighted by Crippen LogP contribution is 2.27. The van der Waals surface area contributed by atoms with Gasteiger partial charge < -0.3 is 21.7 Å². The zero-order valence-electron chi connectivity index (χ0n) is 16.0. The second-order valence-corrected chi connectivity index (χ2v) is 6.53. The minimum absolute atomic E-state index is 0.0529. The summed E-state index contributed by atoms with van der Waals surface area (Å²) in [5.41, 5.74) is 12.0. The molecule has 2 amide bonds. The molecule has 0 fully saturated rings. The Morgan fingerprint density at radius 1 is 1.24 bits per heavy atom. The van der Waals surface area contributed by atoms with Gasteiger partial charge in [0.05, 0.1) is 23.0 Å². The number of aromatic nitrogens is 2. The number of halogens is 1. The lowest BCUT2D eigenvalue weighted by Crippen LogP contribution is -2.43. The number of primary amides is 2. The summed E-state index contributed by atoms with van der Waals surface area (Å²) in [4.78, 5) is 33.4. The van der Waals surface area contributed by atoms with Crippen molar-refractivity contribution in [2.75, 3.05) is 17.3 Å². The zero-order valence-corrected chi connectivity index (χ0v) is 16.0. The molecule has 9 heteroatoms. The Labute approximate surface area is 166 Å². The molecule has 0 aliphatic rings. The molecule has 0 spiro atoms. The van der Waals surface area contributed by atoms with Gasteiger partial charge in [0.15, 0.2) is 11.6 Å². The van der Waals surface area contributed by atoms with Crippen molar-refractivity contribution in [2.24, 2.45) is 11.5 Å². The maximum Gasteiger partial charge on any atom is 0.252 e. The molecule has 0 bridgehead atoms. The van der Waals surface area contributed by atoms with E-state index in [-0.39, 0.29) is 17.2 Å². The Kier molecular flexibility index (Phi) is 5.58. The lowest BCUT2D eigenvalue weighted by atomic mass is 10.1. The molecule has 8 nitrogen and oxygen atoms in total. The molecular weight excluding hydrogens is 375 g/mol. The van der Waals surface area contributed by atoms with Crippen molar-refractivity contribution >= 4 is 40.0 Å². The summed E-state index contributed by atoms with van der Waals surface area (Å²) in [6, 6.07) is 9.56. The highest BCUT2D eigenvalue weighted by molar-refractivity contribution is 5.99. The first-order valence-corrected chi connectivity index (χ1v) is 8.96. The number of likely N-dealkylation sites (N-methyl/N-ethyl adjacent to an activating group) is 1. The quantitative estimate of drug-likeness (QED) is 0.562. The van der Waals surface area contributed by atoms with Gasteiger partial charge in [-0.05, 0) is 24.6 Å². The van der Waals surface area contributed by atoms with Crippen molar-refractivity contribution in [3.63, 3.8) is 0 Å². The topological polar surface area (TPSA) is 127 Å². The van der Waals surface area contributed by atoms with Crippen LogP contribution >= 0.6 is 0 Å². The molecule has 0 aliphatic carbocycles. The van der Waals surface area contributed by atoms with Gasteiger partial charge >= 0.3 is 0 Å². The summed E-state index contributed by atoms with van der Waals surface area (Å²) in [6.45, 7) is 1.75. The van der Waals surface area contributed by atoms with Crippen molar-refractivity contribution in [2.45, 2.75) is 19.4 Å². The average molecular weight is 396 g/mol. The highest BCUT2D eigenvalue weighted by atomic mass is 19.1. The van der Waals surface area contributed by atoms with Gasteiger partial charge in [-0.15, -0.1) is 0 Å². The lowest BCUT2D eigenvalue weighted by molar-refractivity contribution is -0.119.